The van der Waals surface area contributed by atoms with Crippen LogP contribution in [0.4, 0.5) is 0 Å². The largest absolute Gasteiger partial charge is 0.353 e. The molecule has 0 bridgehead atoms. The zero-order valence-corrected chi connectivity index (χ0v) is 17.3. The van der Waals surface area contributed by atoms with E-state index in [1.54, 1.807) is 4.57 Å². The number of hydrogen-bond donors (Lipinski definition) is 2. The highest BCUT2D eigenvalue weighted by Crippen LogP contribution is 2.21. The first-order valence-electron chi connectivity index (χ1n) is 9.96. The van der Waals surface area contributed by atoms with Crippen LogP contribution in [0.15, 0.2) is 16.0 Å². The number of aromatic nitrogens is 3. The average Bonchev–Trinajstić information content (AvgIpc) is 3.00. The van der Waals surface area contributed by atoms with Gasteiger partial charge in [0.2, 0.25) is 5.91 Å². The second-order valence-corrected chi connectivity index (χ2v) is 8.88. The molecule has 148 valence electrons. The maximum Gasteiger partial charge on any atom is 0.278 e. The molecule has 0 unspecified atom stereocenters. The highest BCUT2D eigenvalue weighted by molar-refractivity contribution is 7.99. The summed E-state index contributed by atoms with van der Waals surface area (Å²) in [6.07, 6.45) is 6.69. The number of fused-ring (bicyclic) bond motifs is 1. The second-order valence-electron chi connectivity index (χ2n) is 7.94. The van der Waals surface area contributed by atoms with Crippen molar-refractivity contribution in [2.45, 2.75) is 77.0 Å². The van der Waals surface area contributed by atoms with E-state index in [1.165, 1.54) is 31.0 Å². The molecule has 0 aromatic carbocycles. The summed E-state index contributed by atoms with van der Waals surface area (Å²) in [4.78, 5) is 33.1. The minimum atomic E-state index is -0.0519. The van der Waals surface area contributed by atoms with Gasteiger partial charge < -0.3 is 10.3 Å². The van der Waals surface area contributed by atoms with E-state index in [-0.39, 0.29) is 11.5 Å². The molecule has 2 aromatic heterocycles. The van der Waals surface area contributed by atoms with Gasteiger partial charge in [-0.05, 0) is 38.2 Å². The summed E-state index contributed by atoms with van der Waals surface area (Å²) >= 11 is 1.36. The summed E-state index contributed by atoms with van der Waals surface area (Å²) in [5, 5.41) is 3.76. The molecule has 0 aliphatic heterocycles. The smallest absolute Gasteiger partial charge is 0.278 e. The van der Waals surface area contributed by atoms with Crippen molar-refractivity contribution in [3.05, 3.63) is 22.1 Å². The molecule has 0 atom stereocenters. The average molecular weight is 391 g/mol. The third-order valence-corrected chi connectivity index (χ3v) is 6.05. The van der Waals surface area contributed by atoms with Crippen LogP contribution in [0.5, 0.6) is 0 Å². The molecule has 0 radical (unpaired) electrons. The summed E-state index contributed by atoms with van der Waals surface area (Å²) in [6, 6.07) is 2.19. The normalized spacial score (nSPS) is 15.6. The van der Waals surface area contributed by atoms with E-state index >= 15 is 0 Å². The summed E-state index contributed by atoms with van der Waals surface area (Å²) in [5.74, 6) is 0.812. The highest BCUT2D eigenvalue weighted by Gasteiger charge is 2.18. The SMILES string of the molecule is Cc1cc2nc(SCC(=O)NC3CCCCC3)n(CCC(C)C)c(=O)c2[nH]1. The molecular formula is C20H30N4O2S. The lowest BCUT2D eigenvalue weighted by Gasteiger charge is -2.22. The topological polar surface area (TPSA) is 79.8 Å². The van der Waals surface area contributed by atoms with Gasteiger partial charge in [-0.2, -0.15) is 0 Å². The Bertz CT molecular complexity index is 850. The van der Waals surface area contributed by atoms with E-state index in [0.29, 0.717) is 40.4 Å². The fourth-order valence-corrected chi connectivity index (χ4v) is 4.39. The van der Waals surface area contributed by atoms with Gasteiger partial charge in [0.1, 0.15) is 5.52 Å². The Morgan fingerprint density at radius 3 is 2.81 bits per heavy atom. The monoisotopic (exact) mass is 390 g/mol. The standard InChI is InChI=1S/C20H30N4O2S/c1-13(2)9-10-24-19(26)18-16(11-14(3)21-18)23-20(24)27-12-17(25)22-15-7-5-4-6-8-15/h11,13,15,21H,4-10,12H2,1-3H3,(H,22,25). The summed E-state index contributed by atoms with van der Waals surface area (Å²) < 4.78 is 1.72. The van der Waals surface area contributed by atoms with Crippen molar-refractivity contribution in [1.29, 1.82) is 0 Å². The van der Waals surface area contributed by atoms with Gasteiger partial charge in [0.15, 0.2) is 5.16 Å². The lowest BCUT2D eigenvalue weighted by atomic mass is 9.95. The molecule has 2 N–H and O–H groups in total. The first kappa shape index (κ1) is 20.0. The number of aryl methyl sites for hydroxylation is 1. The van der Waals surface area contributed by atoms with Crippen LogP contribution in [0.25, 0.3) is 11.0 Å². The van der Waals surface area contributed by atoms with Crippen LogP contribution in [-0.2, 0) is 11.3 Å². The zero-order chi connectivity index (χ0) is 19.4. The molecule has 1 aliphatic rings. The molecule has 1 fully saturated rings. The Hall–Kier alpha value is -1.76. The Morgan fingerprint density at radius 1 is 1.37 bits per heavy atom. The maximum atomic E-state index is 12.9. The number of nitrogens with zero attached hydrogens (tertiary/aromatic N) is 2. The molecule has 1 amide bonds. The Labute approximate surface area is 164 Å². The molecule has 2 heterocycles. The number of H-pyrrole nitrogens is 1. The number of aromatic amines is 1. The lowest BCUT2D eigenvalue weighted by molar-refractivity contribution is -0.119. The Morgan fingerprint density at radius 2 is 2.11 bits per heavy atom. The number of rotatable bonds is 7. The molecule has 3 rings (SSSR count). The van der Waals surface area contributed by atoms with Gasteiger partial charge in [0.05, 0.1) is 11.3 Å². The number of thioether (sulfide) groups is 1. The highest BCUT2D eigenvalue weighted by atomic mass is 32.2. The lowest BCUT2D eigenvalue weighted by Crippen LogP contribution is -2.37. The number of hydrogen-bond acceptors (Lipinski definition) is 4. The van der Waals surface area contributed by atoms with Crippen LogP contribution in [0.3, 0.4) is 0 Å². The van der Waals surface area contributed by atoms with Gasteiger partial charge in [-0.3, -0.25) is 14.2 Å². The zero-order valence-electron chi connectivity index (χ0n) is 16.5. The first-order chi connectivity index (χ1) is 12.9. The van der Waals surface area contributed by atoms with Crippen molar-refractivity contribution in [1.82, 2.24) is 19.9 Å². The quantitative estimate of drug-likeness (QED) is 0.559. The predicted molar refractivity (Wildman–Crippen MR) is 110 cm³/mol. The van der Waals surface area contributed by atoms with E-state index in [2.05, 4.69) is 29.1 Å². The van der Waals surface area contributed by atoms with Gasteiger partial charge in [0.25, 0.3) is 5.56 Å². The van der Waals surface area contributed by atoms with Gasteiger partial charge in [0, 0.05) is 18.3 Å². The molecule has 0 saturated heterocycles. The number of carbonyl (C=O) groups is 1. The predicted octanol–water partition coefficient (Wildman–Crippen LogP) is 3.62. The fourth-order valence-electron chi connectivity index (χ4n) is 3.55. The van der Waals surface area contributed by atoms with Crippen LogP contribution in [0, 0.1) is 12.8 Å². The van der Waals surface area contributed by atoms with Crippen molar-refractivity contribution < 1.29 is 4.79 Å². The second kappa shape index (κ2) is 8.95. The summed E-state index contributed by atoms with van der Waals surface area (Å²) in [6.45, 7) is 6.81. The minimum Gasteiger partial charge on any atom is -0.353 e. The number of nitrogens with one attached hydrogen (secondary N) is 2. The molecule has 27 heavy (non-hydrogen) atoms. The van der Waals surface area contributed by atoms with Crippen LogP contribution in [0.2, 0.25) is 0 Å². The maximum absolute atomic E-state index is 12.9. The first-order valence-corrected chi connectivity index (χ1v) is 10.9. The van der Waals surface area contributed by atoms with Crippen molar-refractivity contribution >= 4 is 28.7 Å². The Kier molecular flexibility index (Phi) is 6.63. The van der Waals surface area contributed by atoms with Crippen molar-refractivity contribution in [3.63, 3.8) is 0 Å². The van der Waals surface area contributed by atoms with Crippen molar-refractivity contribution in [3.8, 4) is 0 Å². The van der Waals surface area contributed by atoms with Crippen LogP contribution >= 0.6 is 11.8 Å². The fraction of sp³-hybridized carbons (Fsp3) is 0.650. The van der Waals surface area contributed by atoms with E-state index in [4.69, 9.17) is 0 Å². The third-order valence-electron chi connectivity index (χ3n) is 5.07. The van der Waals surface area contributed by atoms with Crippen molar-refractivity contribution in [2.75, 3.05) is 5.75 Å². The van der Waals surface area contributed by atoms with Gasteiger partial charge in [-0.15, -0.1) is 0 Å². The van der Waals surface area contributed by atoms with E-state index in [9.17, 15) is 9.59 Å². The van der Waals surface area contributed by atoms with Gasteiger partial charge in [-0.25, -0.2) is 4.98 Å². The van der Waals surface area contributed by atoms with E-state index in [0.717, 1.165) is 25.0 Å². The molecule has 2 aromatic rings. The molecule has 1 saturated carbocycles. The summed E-state index contributed by atoms with van der Waals surface area (Å²) in [5.41, 5.74) is 2.09. The van der Waals surface area contributed by atoms with Crippen LogP contribution in [0.1, 0.15) is 58.1 Å². The van der Waals surface area contributed by atoms with E-state index < -0.39 is 0 Å². The number of carbonyl (C=O) groups excluding carboxylic acids is 1. The van der Waals surface area contributed by atoms with Crippen molar-refractivity contribution in [2.24, 2.45) is 5.92 Å². The molecular weight excluding hydrogens is 360 g/mol. The van der Waals surface area contributed by atoms with E-state index in [1.807, 2.05) is 13.0 Å². The van der Waals surface area contributed by atoms with Gasteiger partial charge >= 0.3 is 0 Å². The molecule has 6 nitrogen and oxygen atoms in total. The minimum absolute atomic E-state index is 0.0295. The third kappa shape index (κ3) is 5.15. The van der Waals surface area contributed by atoms with Gasteiger partial charge in [-0.1, -0.05) is 44.9 Å². The number of amides is 1. The molecule has 7 heteroatoms. The molecule has 1 aliphatic carbocycles. The summed E-state index contributed by atoms with van der Waals surface area (Å²) in [7, 11) is 0. The molecule has 0 spiro atoms. The van der Waals surface area contributed by atoms with Crippen LogP contribution < -0.4 is 10.9 Å². The Balaban J connectivity index is 1.75. The van der Waals surface area contributed by atoms with Crippen LogP contribution in [-0.4, -0.2) is 32.2 Å².